The minimum atomic E-state index is -1.10. The number of fused-ring (bicyclic) bond motifs is 3. The van der Waals surface area contributed by atoms with Crippen LogP contribution in [0, 0.1) is 23.1 Å². The Balaban J connectivity index is 0.725. The summed E-state index contributed by atoms with van der Waals surface area (Å²) < 4.78 is 21.5. The smallest absolute Gasteiger partial charge is 0.272 e. The lowest BCUT2D eigenvalue weighted by Crippen LogP contribution is -2.69. The molecule has 17 heteroatoms. The van der Waals surface area contributed by atoms with Crippen LogP contribution < -0.4 is 25.2 Å². The highest BCUT2D eigenvalue weighted by atomic mass is 35.5. The summed E-state index contributed by atoms with van der Waals surface area (Å²) in [5.41, 5.74) is 0.976. The van der Waals surface area contributed by atoms with Crippen molar-refractivity contribution in [2.45, 2.75) is 88.1 Å². The Kier molecular flexibility index (Phi) is 10.4. The van der Waals surface area contributed by atoms with Gasteiger partial charge in [-0.1, -0.05) is 11.6 Å². The van der Waals surface area contributed by atoms with Crippen molar-refractivity contribution in [3.63, 3.8) is 0 Å². The van der Waals surface area contributed by atoms with Crippen molar-refractivity contribution >= 4 is 52.6 Å². The van der Waals surface area contributed by atoms with Gasteiger partial charge in [0.25, 0.3) is 17.7 Å². The van der Waals surface area contributed by atoms with E-state index in [1.807, 2.05) is 17.0 Å². The number of aromatic nitrogens is 2. The molecule has 7 heterocycles. The van der Waals surface area contributed by atoms with E-state index in [2.05, 4.69) is 30.6 Å². The van der Waals surface area contributed by atoms with Crippen molar-refractivity contribution in [3.8, 4) is 11.8 Å². The average Bonchev–Trinajstić information content (AvgIpc) is 3.46. The predicted molar refractivity (Wildman–Crippen MR) is 211 cm³/mol. The number of nitriles is 1. The van der Waals surface area contributed by atoms with Crippen LogP contribution in [0.5, 0.6) is 5.75 Å². The van der Waals surface area contributed by atoms with Crippen LogP contribution in [0.1, 0.15) is 94.6 Å². The maximum Gasteiger partial charge on any atom is 0.272 e. The number of anilines is 2. The molecule has 2 N–H and O–H groups in total. The number of nitrogens with zero attached hydrogens (tertiary/aromatic N) is 7. The highest BCUT2D eigenvalue weighted by Crippen LogP contribution is 2.38. The summed E-state index contributed by atoms with van der Waals surface area (Å²) in [4.78, 5) is 71.1. The van der Waals surface area contributed by atoms with Gasteiger partial charge in [0.2, 0.25) is 11.8 Å². The van der Waals surface area contributed by atoms with Crippen molar-refractivity contribution in [3.05, 3.63) is 75.7 Å². The molecule has 15 nitrogen and oxygen atoms in total. The van der Waals surface area contributed by atoms with Crippen molar-refractivity contribution in [1.82, 2.24) is 30.6 Å². The van der Waals surface area contributed by atoms with Gasteiger partial charge in [0.15, 0.2) is 11.5 Å². The quantitative estimate of drug-likeness (QED) is 0.298. The van der Waals surface area contributed by atoms with E-state index in [-0.39, 0.29) is 53.4 Å². The summed E-state index contributed by atoms with van der Waals surface area (Å²) in [6, 6.07) is 12.8. The maximum atomic E-state index is 15.5. The zero-order valence-electron chi connectivity index (χ0n) is 32.2. The molecule has 59 heavy (non-hydrogen) atoms. The normalized spacial score (nSPS) is 25.9. The number of ether oxygens (including phenoxy) is 1. The molecule has 1 aliphatic carbocycles. The zero-order valence-corrected chi connectivity index (χ0v) is 33.0. The number of benzene rings is 2. The van der Waals surface area contributed by atoms with Gasteiger partial charge in [-0.3, -0.25) is 39.1 Å². The topological polar surface area (TPSA) is 181 Å². The number of hydrogen-bond donors (Lipinski definition) is 2. The third-order valence-corrected chi connectivity index (χ3v) is 13.1. The van der Waals surface area contributed by atoms with Gasteiger partial charge in [0, 0.05) is 63.3 Å². The number of hydrogen-bond acceptors (Lipinski definition) is 12. The van der Waals surface area contributed by atoms with E-state index in [4.69, 9.17) is 21.6 Å². The molecule has 3 unspecified atom stereocenters. The number of nitrogens with one attached hydrogen (secondary N) is 2. The van der Waals surface area contributed by atoms with Crippen LogP contribution in [0.3, 0.4) is 0 Å². The lowest BCUT2D eigenvalue weighted by molar-refractivity contribution is -0.136. The fourth-order valence-electron chi connectivity index (χ4n) is 9.68. The van der Waals surface area contributed by atoms with E-state index < -0.39 is 35.5 Å². The summed E-state index contributed by atoms with van der Waals surface area (Å²) in [6.07, 6.45) is 5.92. The second-order valence-corrected chi connectivity index (χ2v) is 16.9. The maximum absolute atomic E-state index is 15.5. The van der Waals surface area contributed by atoms with Gasteiger partial charge in [-0.05, 0) is 93.7 Å². The first kappa shape index (κ1) is 38.8. The van der Waals surface area contributed by atoms with Gasteiger partial charge in [0.1, 0.15) is 23.7 Å². The lowest BCUT2D eigenvalue weighted by atomic mass is 9.86. The molecular weight excluding hydrogens is 781 g/mol. The fraction of sp³-hybridized carbons (Fsp3) is 0.476. The summed E-state index contributed by atoms with van der Waals surface area (Å²) in [5, 5.41) is 23.5. The van der Waals surface area contributed by atoms with Gasteiger partial charge in [-0.15, -0.1) is 10.2 Å². The Morgan fingerprint density at radius 2 is 1.66 bits per heavy atom. The monoisotopic (exact) mass is 823 g/mol. The third-order valence-electron chi connectivity index (χ3n) is 12.8. The number of amides is 5. The van der Waals surface area contributed by atoms with Crippen molar-refractivity contribution in [2.75, 3.05) is 42.5 Å². The molecule has 0 radical (unpaired) electrons. The van der Waals surface area contributed by atoms with Crippen LogP contribution in [-0.4, -0.2) is 113 Å². The molecule has 6 aliphatic heterocycles. The Bertz CT molecular complexity index is 2240. The Morgan fingerprint density at radius 3 is 2.32 bits per heavy atom. The molecule has 3 aromatic rings. The number of piperidine rings is 3. The molecule has 1 aromatic heterocycles. The average molecular weight is 824 g/mol. The van der Waals surface area contributed by atoms with Gasteiger partial charge < -0.3 is 19.9 Å². The number of carbonyl (C=O) groups excluding carboxylic acids is 5. The molecule has 1 saturated carbocycles. The molecule has 7 aliphatic rings. The summed E-state index contributed by atoms with van der Waals surface area (Å²) in [5.74, 6) is -1.53. The third kappa shape index (κ3) is 7.57. The standard InChI is InChI=1S/C42H43ClFN9O6/c43-32-16-29(4-1-24(32)19-45)59-28-5-2-25(3-6-28)46-39(55)34-7-9-37(49-48-34)52-26-15-27(52)22-50(21-26)20-23-11-13-51(14-12-23)36-18-31-30(17-33(36)44)41(57)53(42(31)58)35-8-10-38(54)47-40(35)56/h1,4,7,9,16-18,23,25-28,35H,2-3,5-6,8,10-15,20-22H2,(H,46,55)(H,47,54,56)/t25-,26?,27?,28-,35?. The number of rotatable bonds is 9. The summed E-state index contributed by atoms with van der Waals surface area (Å²) in [7, 11) is 0. The molecule has 0 spiro atoms. The highest BCUT2D eigenvalue weighted by Gasteiger charge is 2.47. The van der Waals surface area contributed by atoms with Gasteiger partial charge in [0.05, 0.1) is 33.5 Å². The number of imide groups is 2. The van der Waals surface area contributed by atoms with Gasteiger partial charge >= 0.3 is 0 Å². The molecule has 306 valence electrons. The molecule has 2 bridgehead atoms. The summed E-state index contributed by atoms with van der Waals surface area (Å²) in [6.45, 7) is 3.92. The van der Waals surface area contributed by atoms with Crippen molar-refractivity contribution in [2.24, 2.45) is 5.92 Å². The first-order chi connectivity index (χ1) is 28.5. The van der Waals surface area contributed by atoms with Gasteiger partial charge in [-0.25, -0.2) is 4.39 Å². The number of halogens is 2. The van der Waals surface area contributed by atoms with Crippen LogP contribution in [0.15, 0.2) is 42.5 Å². The SMILES string of the molecule is N#Cc1ccc(O[C@H]2CC[C@H](NC(=O)c3ccc(N4C5CC4CN(CC4CCN(c6cc7c(cc6F)C(=O)N(C6CCC(=O)NC6=O)C7=O)CC4)C5)nn3)CC2)cc1Cl. The minimum absolute atomic E-state index is 0.00582. The minimum Gasteiger partial charge on any atom is -0.490 e. The van der Waals surface area contributed by atoms with Crippen LogP contribution in [-0.2, 0) is 9.59 Å². The Labute approximate surface area is 344 Å². The largest absolute Gasteiger partial charge is 0.490 e. The molecule has 3 atom stereocenters. The van der Waals surface area contributed by atoms with Crippen molar-refractivity contribution in [1.29, 1.82) is 5.26 Å². The molecule has 5 amide bonds. The number of piperazine rings is 1. The highest BCUT2D eigenvalue weighted by molar-refractivity contribution is 6.31. The molecule has 6 fully saturated rings. The van der Waals surface area contributed by atoms with E-state index >= 15 is 4.39 Å². The second-order valence-electron chi connectivity index (χ2n) is 16.5. The van der Waals surface area contributed by atoms with Crippen molar-refractivity contribution < 1.29 is 33.1 Å². The summed E-state index contributed by atoms with van der Waals surface area (Å²) >= 11 is 6.15. The van der Waals surface area contributed by atoms with Crippen LogP contribution in [0.4, 0.5) is 15.9 Å². The molecule has 10 rings (SSSR count). The van der Waals surface area contributed by atoms with Gasteiger partial charge in [-0.2, -0.15) is 5.26 Å². The van der Waals surface area contributed by atoms with E-state index in [0.29, 0.717) is 47.4 Å². The number of carbonyl (C=O) groups is 5. The zero-order chi connectivity index (χ0) is 40.9. The van der Waals surface area contributed by atoms with Crippen LogP contribution in [0.25, 0.3) is 0 Å². The van der Waals surface area contributed by atoms with Crippen LogP contribution in [0.2, 0.25) is 5.02 Å². The molecule has 2 aromatic carbocycles. The predicted octanol–water partition coefficient (Wildman–Crippen LogP) is 3.84. The van der Waals surface area contributed by atoms with E-state index in [0.717, 1.165) is 81.4 Å². The van der Waals surface area contributed by atoms with E-state index in [1.165, 1.54) is 6.07 Å². The van der Waals surface area contributed by atoms with E-state index in [1.54, 1.807) is 24.3 Å². The fourth-order valence-corrected chi connectivity index (χ4v) is 9.90. The molecular formula is C42H43ClFN9O6. The Hall–Kier alpha value is -5.66. The lowest BCUT2D eigenvalue weighted by Gasteiger charge is -2.57. The van der Waals surface area contributed by atoms with Crippen LogP contribution >= 0.6 is 11.6 Å². The molecule has 5 saturated heterocycles. The first-order valence-electron chi connectivity index (χ1n) is 20.3. The second kappa shape index (κ2) is 15.8. The Morgan fingerprint density at radius 1 is 0.932 bits per heavy atom. The van der Waals surface area contributed by atoms with E-state index in [9.17, 15) is 24.0 Å². The first-order valence-corrected chi connectivity index (χ1v) is 20.7.